The van der Waals surface area contributed by atoms with Crippen LogP contribution < -0.4 is 0 Å². The van der Waals surface area contributed by atoms with Crippen molar-refractivity contribution in [1.82, 2.24) is 4.57 Å². The summed E-state index contributed by atoms with van der Waals surface area (Å²) in [4.78, 5) is 24.2. The van der Waals surface area contributed by atoms with Crippen LogP contribution in [0.1, 0.15) is 46.6 Å². The number of hydrogen-bond donors (Lipinski definition) is 0. The molecule has 1 heterocycles. The molecule has 2 aromatic rings. The summed E-state index contributed by atoms with van der Waals surface area (Å²) in [6, 6.07) is 12.0. The number of ketones is 1. The largest absolute Gasteiger partial charge is 0.457 e. The fraction of sp³-hybridized carbons (Fsp3) is 0.400. The van der Waals surface area contributed by atoms with Gasteiger partial charge in [0.05, 0.1) is 5.92 Å². The van der Waals surface area contributed by atoms with Gasteiger partial charge in [-0.15, -0.1) is 0 Å². The van der Waals surface area contributed by atoms with Gasteiger partial charge in [0.1, 0.15) is 0 Å². The highest BCUT2D eigenvalue weighted by Gasteiger charge is 2.27. The van der Waals surface area contributed by atoms with Crippen molar-refractivity contribution in [2.45, 2.75) is 39.7 Å². The van der Waals surface area contributed by atoms with Crippen molar-refractivity contribution in [3.63, 3.8) is 0 Å². The minimum atomic E-state index is -0.229. The van der Waals surface area contributed by atoms with Crippen LogP contribution in [0.25, 0.3) is 0 Å². The Morgan fingerprint density at radius 1 is 1.17 bits per heavy atom. The Morgan fingerprint density at radius 3 is 2.50 bits per heavy atom. The molecular formula is C20H23NO3. The summed E-state index contributed by atoms with van der Waals surface area (Å²) < 4.78 is 7.31. The molecule has 1 aromatic heterocycles. The Labute approximate surface area is 142 Å². The number of hydrogen-bond acceptors (Lipinski definition) is 3. The van der Waals surface area contributed by atoms with Gasteiger partial charge < -0.3 is 9.30 Å². The molecule has 3 rings (SSSR count). The molecule has 1 fully saturated rings. The molecule has 1 aromatic carbocycles. The number of Topliss-reactive ketones (excluding diaryl/α,β-unsaturated/α-hetero) is 1. The molecule has 0 aliphatic heterocycles. The molecule has 0 radical (unpaired) electrons. The van der Waals surface area contributed by atoms with E-state index in [0.717, 1.165) is 37.2 Å². The second kappa shape index (κ2) is 7.04. The number of benzene rings is 1. The lowest BCUT2D eigenvalue weighted by atomic mass is 9.86. The maximum absolute atomic E-state index is 12.4. The monoisotopic (exact) mass is 325 g/mol. The van der Waals surface area contributed by atoms with Gasteiger partial charge in [0.15, 0.2) is 6.61 Å². The topological polar surface area (TPSA) is 48.3 Å². The van der Waals surface area contributed by atoms with Crippen LogP contribution in [0, 0.1) is 19.8 Å². The molecule has 1 aliphatic rings. The van der Waals surface area contributed by atoms with Crippen molar-refractivity contribution in [3.8, 4) is 0 Å². The SMILES string of the molecule is Cc1cc(C(=O)COC(=O)C2CCC2)c(C)n1Cc1ccccc1. The van der Waals surface area contributed by atoms with Crippen LogP contribution in [0.3, 0.4) is 0 Å². The maximum atomic E-state index is 12.4. The van der Waals surface area contributed by atoms with E-state index in [-0.39, 0.29) is 24.3 Å². The first-order valence-electron chi connectivity index (χ1n) is 8.46. The third-order valence-electron chi connectivity index (χ3n) is 4.84. The van der Waals surface area contributed by atoms with Gasteiger partial charge in [0.25, 0.3) is 0 Å². The van der Waals surface area contributed by atoms with Crippen molar-refractivity contribution < 1.29 is 14.3 Å². The van der Waals surface area contributed by atoms with Crippen LogP contribution in [0.15, 0.2) is 36.4 Å². The fourth-order valence-corrected chi connectivity index (χ4v) is 3.07. The summed E-state index contributed by atoms with van der Waals surface area (Å²) >= 11 is 0. The first-order chi connectivity index (χ1) is 11.6. The van der Waals surface area contributed by atoms with Crippen molar-refractivity contribution in [2.75, 3.05) is 6.61 Å². The quantitative estimate of drug-likeness (QED) is 0.601. The van der Waals surface area contributed by atoms with Crippen molar-refractivity contribution in [2.24, 2.45) is 5.92 Å². The zero-order chi connectivity index (χ0) is 17.1. The molecule has 0 amide bonds. The summed E-state index contributed by atoms with van der Waals surface area (Å²) in [6.45, 7) is 4.50. The molecule has 0 N–H and O–H groups in total. The van der Waals surface area contributed by atoms with E-state index in [1.54, 1.807) is 0 Å². The average Bonchev–Trinajstić information content (AvgIpc) is 2.80. The number of carbonyl (C=O) groups is 2. The Balaban J connectivity index is 1.68. The number of carbonyl (C=O) groups excluding carboxylic acids is 2. The lowest BCUT2D eigenvalue weighted by Crippen LogP contribution is -2.26. The highest BCUT2D eigenvalue weighted by atomic mass is 16.5. The first kappa shape index (κ1) is 16.5. The average molecular weight is 325 g/mol. The normalized spacial score (nSPS) is 14.2. The highest BCUT2D eigenvalue weighted by molar-refractivity contribution is 5.99. The van der Waals surface area contributed by atoms with Gasteiger partial charge in [-0.05, 0) is 38.3 Å². The van der Waals surface area contributed by atoms with Crippen LogP contribution in [-0.2, 0) is 16.1 Å². The second-order valence-electron chi connectivity index (χ2n) is 6.52. The summed E-state index contributed by atoms with van der Waals surface area (Å²) in [5.74, 6) is -0.355. The Kier molecular flexibility index (Phi) is 4.84. The molecular weight excluding hydrogens is 302 g/mol. The van der Waals surface area contributed by atoms with E-state index in [9.17, 15) is 9.59 Å². The van der Waals surface area contributed by atoms with Gasteiger partial charge in [-0.3, -0.25) is 9.59 Å². The molecule has 24 heavy (non-hydrogen) atoms. The van der Waals surface area contributed by atoms with E-state index in [2.05, 4.69) is 16.7 Å². The van der Waals surface area contributed by atoms with Gasteiger partial charge >= 0.3 is 5.97 Å². The molecule has 1 aliphatic carbocycles. The Bertz CT molecular complexity index is 742. The molecule has 0 bridgehead atoms. The predicted molar refractivity (Wildman–Crippen MR) is 92.1 cm³/mol. The van der Waals surface area contributed by atoms with Crippen LogP contribution in [0.5, 0.6) is 0 Å². The van der Waals surface area contributed by atoms with E-state index in [1.165, 1.54) is 5.56 Å². The lowest BCUT2D eigenvalue weighted by molar-refractivity contribution is -0.150. The van der Waals surface area contributed by atoms with Crippen LogP contribution in [0.2, 0.25) is 0 Å². The van der Waals surface area contributed by atoms with Gasteiger partial charge in [-0.2, -0.15) is 0 Å². The zero-order valence-corrected chi connectivity index (χ0v) is 14.2. The van der Waals surface area contributed by atoms with Gasteiger partial charge in [0, 0.05) is 23.5 Å². The predicted octanol–water partition coefficient (Wildman–Crippen LogP) is 3.68. The van der Waals surface area contributed by atoms with E-state index in [1.807, 2.05) is 38.1 Å². The van der Waals surface area contributed by atoms with E-state index < -0.39 is 0 Å². The van der Waals surface area contributed by atoms with E-state index in [0.29, 0.717) is 5.56 Å². The molecule has 4 nitrogen and oxygen atoms in total. The lowest BCUT2D eigenvalue weighted by Gasteiger charge is -2.22. The number of ether oxygens (including phenoxy) is 1. The minimum Gasteiger partial charge on any atom is -0.457 e. The van der Waals surface area contributed by atoms with Crippen LogP contribution in [-0.4, -0.2) is 22.9 Å². The number of aromatic nitrogens is 1. The standard InChI is InChI=1S/C20H23NO3/c1-14-11-18(19(22)13-24-20(23)17-9-6-10-17)15(2)21(14)12-16-7-4-3-5-8-16/h3-5,7-8,11,17H,6,9-10,12-13H2,1-2H3. The maximum Gasteiger partial charge on any atom is 0.309 e. The third kappa shape index (κ3) is 3.42. The molecule has 4 heteroatoms. The zero-order valence-electron chi connectivity index (χ0n) is 14.2. The summed E-state index contributed by atoms with van der Waals surface area (Å²) in [6.07, 6.45) is 2.85. The van der Waals surface area contributed by atoms with Crippen LogP contribution >= 0.6 is 0 Å². The van der Waals surface area contributed by atoms with Gasteiger partial charge in [0.2, 0.25) is 5.78 Å². The van der Waals surface area contributed by atoms with Crippen molar-refractivity contribution >= 4 is 11.8 Å². The fourth-order valence-electron chi connectivity index (χ4n) is 3.07. The smallest absolute Gasteiger partial charge is 0.309 e. The third-order valence-corrected chi connectivity index (χ3v) is 4.84. The number of rotatable bonds is 6. The highest BCUT2D eigenvalue weighted by Crippen LogP contribution is 2.27. The molecule has 0 unspecified atom stereocenters. The number of esters is 1. The van der Waals surface area contributed by atoms with E-state index >= 15 is 0 Å². The van der Waals surface area contributed by atoms with Gasteiger partial charge in [-0.1, -0.05) is 36.8 Å². The van der Waals surface area contributed by atoms with Crippen molar-refractivity contribution in [1.29, 1.82) is 0 Å². The second-order valence-corrected chi connectivity index (χ2v) is 6.52. The molecule has 0 saturated heterocycles. The number of nitrogens with zero attached hydrogens (tertiary/aromatic N) is 1. The molecule has 126 valence electrons. The first-order valence-corrected chi connectivity index (χ1v) is 8.46. The molecule has 1 saturated carbocycles. The van der Waals surface area contributed by atoms with E-state index in [4.69, 9.17) is 4.74 Å². The van der Waals surface area contributed by atoms with Crippen LogP contribution in [0.4, 0.5) is 0 Å². The molecule has 0 spiro atoms. The Morgan fingerprint density at radius 2 is 1.88 bits per heavy atom. The number of aryl methyl sites for hydroxylation is 1. The summed E-state index contributed by atoms with van der Waals surface area (Å²) in [5, 5.41) is 0. The van der Waals surface area contributed by atoms with Crippen molar-refractivity contribution in [3.05, 3.63) is 58.9 Å². The summed E-state index contributed by atoms with van der Waals surface area (Å²) in [7, 11) is 0. The van der Waals surface area contributed by atoms with Gasteiger partial charge in [-0.25, -0.2) is 0 Å². The summed E-state index contributed by atoms with van der Waals surface area (Å²) in [5.41, 5.74) is 3.78. The minimum absolute atomic E-state index is 0.00307. The molecule has 0 atom stereocenters. The Hall–Kier alpha value is -2.36.